The van der Waals surface area contributed by atoms with E-state index in [1.807, 2.05) is 25.3 Å². The van der Waals surface area contributed by atoms with Gasteiger partial charge in [0, 0.05) is 25.2 Å². The first-order valence-electron chi connectivity index (χ1n) is 11.1. The molecular weight excluding hydrogens is 454 g/mol. The molecule has 2 aromatic carbocycles. The summed E-state index contributed by atoms with van der Waals surface area (Å²) in [5.41, 5.74) is 3.66. The molecule has 3 aromatic rings. The molecule has 0 atom stereocenters. The lowest BCUT2D eigenvalue weighted by Crippen LogP contribution is -2.32. The van der Waals surface area contributed by atoms with Crippen molar-refractivity contribution in [3.8, 4) is 0 Å². The molecule has 0 saturated heterocycles. The van der Waals surface area contributed by atoms with Gasteiger partial charge in [0.05, 0.1) is 15.1 Å². The minimum Gasteiger partial charge on any atom is -0.312 e. The average Bonchev–Trinajstić information content (AvgIpc) is 3.11. The van der Waals surface area contributed by atoms with Gasteiger partial charge >= 0.3 is 0 Å². The third-order valence-electron chi connectivity index (χ3n) is 5.31. The molecule has 0 radical (unpaired) electrons. The Morgan fingerprint density at radius 2 is 1.76 bits per heavy atom. The number of sulfonamides is 1. The van der Waals surface area contributed by atoms with Crippen molar-refractivity contribution in [2.45, 2.75) is 52.0 Å². The summed E-state index contributed by atoms with van der Waals surface area (Å²) in [6.45, 7) is 13.3. The minimum absolute atomic E-state index is 0.190. The number of thiazole rings is 1. The van der Waals surface area contributed by atoms with Crippen molar-refractivity contribution in [1.29, 1.82) is 0 Å². The molecular formula is C25H31N3O3S2. The first-order valence-corrected chi connectivity index (χ1v) is 13.4. The van der Waals surface area contributed by atoms with E-state index in [1.165, 1.54) is 39.9 Å². The maximum atomic E-state index is 13.0. The quantitative estimate of drug-likeness (QED) is 0.398. The number of rotatable bonds is 9. The van der Waals surface area contributed by atoms with E-state index in [-0.39, 0.29) is 4.90 Å². The van der Waals surface area contributed by atoms with Gasteiger partial charge in [-0.25, -0.2) is 8.42 Å². The second-order valence-electron chi connectivity index (χ2n) is 8.06. The fraction of sp³-hybridized carbons (Fsp3) is 0.360. The van der Waals surface area contributed by atoms with Gasteiger partial charge in [-0.05, 0) is 68.1 Å². The largest absolute Gasteiger partial charge is 0.312 e. The first kappa shape index (κ1) is 25.1. The maximum absolute atomic E-state index is 13.0. The van der Waals surface area contributed by atoms with Crippen LogP contribution in [0.3, 0.4) is 0 Å². The van der Waals surface area contributed by atoms with Gasteiger partial charge in [-0.1, -0.05) is 37.3 Å². The summed E-state index contributed by atoms with van der Waals surface area (Å²) in [6, 6.07) is 10.3. The van der Waals surface area contributed by atoms with E-state index in [4.69, 9.17) is 0 Å². The van der Waals surface area contributed by atoms with Crippen molar-refractivity contribution >= 4 is 37.5 Å². The Bertz CT molecular complexity index is 1330. The predicted molar refractivity (Wildman–Crippen MR) is 135 cm³/mol. The number of carbonyl (C=O) groups is 1. The molecule has 1 aromatic heterocycles. The summed E-state index contributed by atoms with van der Waals surface area (Å²) in [4.78, 5) is 18.1. The Labute approximate surface area is 200 Å². The molecule has 1 heterocycles. The highest BCUT2D eigenvalue weighted by Gasteiger charge is 2.23. The minimum atomic E-state index is -3.59. The van der Waals surface area contributed by atoms with Gasteiger partial charge in [0.1, 0.15) is 0 Å². The molecule has 0 aliphatic carbocycles. The Kier molecular flexibility index (Phi) is 8.05. The molecule has 3 rings (SSSR count). The zero-order valence-corrected chi connectivity index (χ0v) is 21.3. The van der Waals surface area contributed by atoms with E-state index in [1.54, 1.807) is 6.08 Å². The Morgan fingerprint density at radius 1 is 1.12 bits per heavy atom. The Balaban J connectivity index is 1.99. The van der Waals surface area contributed by atoms with Crippen LogP contribution in [0.1, 0.15) is 48.2 Å². The number of aryl methyl sites for hydroxylation is 2. The molecule has 0 aliphatic heterocycles. The third kappa shape index (κ3) is 5.34. The van der Waals surface area contributed by atoms with E-state index >= 15 is 0 Å². The Hall–Kier alpha value is -2.55. The van der Waals surface area contributed by atoms with Crippen LogP contribution in [0, 0.1) is 13.8 Å². The normalized spacial score (nSPS) is 12.6. The number of allylic oxidation sites excluding steroid dienone is 1. The summed E-state index contributed by atoms with van der Waals surface area (Å²) in [7, 11) is -3.59. The van der Waals surface area contributed by atoms with Gasteiger partial charge in [0.15, 0.2) is 4.80 Å². The zero-order valence-electron chi connectivity index (χ0n) is 19.7. The topological polar surface area (TPSA) is 71.7 Å². The molecule has 176 valence electrons. The second-order valence-corrected chi connectivity index (χ2v) is 11.0. The van der Waals surface area contributed by atoms with Crippen molar-refractivity contribution in [2.75, 3.05) is 13.1 Å². The van der Waals surface area contributed by atoms with Gasteiger partial charge in [-0.2, -0.15) is 9.30 Å². The molecule has 0 bridgehead atoms. The fourth-order valence-electron chi connectivity index (χ4n) is 3.82. The summed E-state index contributed by atoms with van der Waals surface area (Å²) < 4.78 is 30.5. The van der Waals surface area contributed by atoms with Gasteiger partial charge in [0.25, 0.3) is 5.91 Å². The smallest absolute Gasteiger partial charge is 0.279 e. The van der Waals surface area contributed by atoms with E-state index in [2.05, 4.69) is 30.6 Å². The molecule has 1 amide bonds. The molecule has 6 nitrogen and oxygen atoms in total. The van der Waals surface area contributed by atoms with Crippen LogP contribution >= 0.6 is 11.3 Å². The number of nitrogens with zero attached hydrogens (tertiary/aromatic N) is 3. The van der Waals surface area contributed by atoms with Gasteiger partial charge in [-0.3, -0.25) is 4.79 Å². The van der Waals surface area contributed by atoms with Crippen LogP contribution in [0.2, 0.25) is 0 Å². The molecule has 0 fully saturated rings. The van der Waals surface area contributed by atoms with Crippen LogP contribution in [0.5, 0.6) is 0 Å². The number of benzene rings is 2. The van der Waals surface area contributed by atoms with E-state index in [0.29, 0.717) is 30.0 Å². The van der Waals surface area contributed by atoms with Crippen LogP contribution in [-0.4, -0.2) is 36.3 Å². The van der Waals surface area contributed by atoms with Crippen LogP contribution in [-0.2, 0) is 16.6 Å². The van der Waals surface area contributed by atoms with Crippen molar-refractivity contribution in [3.63, 3.8) is 0 Å². The molecule has 0 saturated carbocycles. The average molecular weight is 486 g/mol. The van der Waals surface area contributed by atoms with Gasteiger partial charge in [-0.15, -0.1) is 6.58 Å². The van der Waals surface area contributed by atoms with E-state index < -0.39 is 15.9 Å². The monoisotopic (exact) mass is 485 g/mol. The highest BCUT2D eigenvalue weighted by molar-refractivity contribution is 7.89. The number of aromatic nitrogens is 1. The third-order valence-corrected chi connectivity index (χ3v) is 8.45. The fourth-order valence-corrected chi connectivity index (χ4v) is 6.54. The van der Waals surface area contributed by atoms with E-state index in [0.717, 1.165) is 34.2 Å². The molecule has 0 aliphatic rings. The lowest BCUT2D eigenvalue weighted by molar-refractivity contribution is 0.0997. The summed E-state index contributed by atoms with van der Waals surface area (Å²) in [6.07, 6.45) is 3.27. The Morgan fingerprint density at radius 3 is 2.33 bits per heavy atom. The molecule has 0 N–H and O–H groups in total. The SMILES string of the molecule is C=CCn1c(=NC(=O)c2ccc(S(=O)(=O)N(CCC)CCC)cc2)sc2c(C)cc(C)cc21. The van der Waals surface area contributed by atoms with Crippen LogP contribution in [0.25, 0.3) is 10.2 Å². The second kappa shape index (κ2) is 10.6. The highest BCUT2D eigenvalue weighted by atomic mass is 32.2. The van der Waals surface area contributed by atoms with E-state index in [9.17, 15) is 13.2 Å². The number of carbonyl (C=O) groups excluding carboxylic acids is 1. The maximum Gasteiger partial charge on any atom is 0.279 e. The first-order chi connectivity index (χ1) is 15.7. The van der Waals surface area contributed by atoms with Crippen molar-refractivity contribution in [1.82, 2.24) is 8.87 Å². The number of hydrogen-bond donors (Lipinski definition) is 0. The summed E-state index contributed by atoms with van der Waals surface area (Å²) in [5, 5.41) is 0. The number of fused-ring (bicyclic) bond motifs is 1. The number of hydrogen-bond acceptors (Lipinski definition) is 4. The number of amides is 1. The van der Waals surface area contributed by atoms with Gasteiger partial charge < -0.3 is 4.57 Å². The van der Waals surface area contributed by atoms with Crippen LogP contribution in [0.15, 0.2) is 58.9 Å². The van der Waals surface area contributed by atoms with Crippen molar-refractivity contribution < 1.29 is 13.2 Å². The zero-order chi connectivity index (χ0) is 24.2. The predicted octanol–water partition coefficient (Wildman–Crippen LogP) is 5.06. The summed E-state index contributed by atoms with van der Waals surface area (Å²) in [5.74, 6) is -0.406. The van der Waals surface area contributed by atoms with Crippen LogP contribution < -0.4 is 4.80 Å². The van der Waals surface area contributed by atoms with Crippen LogP contribution in [0.4, 0.5) is 0 Å². The van der Waals surface area contributed by atoms with Crippen molar-refractivity contribution in [3.05, 3.63) is 70.5 Å². The highest BCUT2D eigenvalue weighted by Crippen LogP contribution is 2.24. The molecule has 0 unspecified atom stereocenters. The van der Waals surface area contributed by atoms with Gasteiger partial charge in [0.2, 0.25) is 10.0 Å². The standard InChI is InChI=1S/C25H31N3O3S2/c1-6-13-27(14-7-2)33(30,31)21-11-9-20(10-12-21)24(29)26-25-28(15-8-3)22-17-18(4)16-19(5)23(22)32-25/h8-12,16-17H,3,6-7,13-15H2,1-2,4-5H3. The molecule has 8 heteroatoms. The summed E-state index contributed by atoms with van der Waals surface area (Å²) >= 11 is 1.47. The lowest BCUT2D eigenvalue weighted by Gasteiger charge is -2.21. The molecule has 0 spiro atoms. The van der Waals surface area contributed by atoms with Crippen molar-refractivity contribution in [2.24, 2.45) is 4.99 Å². The lowest BCUT2D eigenvalue weighted by atomic mass is 10.1. The molecule has 33 heavy (non-hydrogen) atoms.